The van der Waals surface area contributed by atoms with E-state index in [2.05, 4.69) is 21.0 Å². The van der Waals surface area contributed by atoms with Gasteiger partial charge in [0, 0.05) is 0 Å². The van der Waals surface area contributed by atoms with Crippen LogP contribution < -0.4 is 0 Å². The fourth-order valence-corrected chi connectivity index (χ4v) is 2.31. The second kappa shape index (κ2) is 7.29. The van der Waals surface area contributed by atoms with Crippen molar-refractivity contribution >= 4 is 0 Å². The third kappa shape index (κ3) is 7.24. The van der Waals surface area contributed by atoms with Crippen LogP contribution in [0.4, 0.5) is 0 Å². The summed E-state index contributed by atoms with van der Waals surface area (Å²) in [5.74, 6) is 0. The summed E-state index contributed by atoms with van der Waals surface area (Å²) < 4.78 is 6.44. The Bertz CT molecular complexity index is 176. The molecule has 1 saturated heterocycles. The molecular formula is C14H30NO+. The number of epoxide rings is 1. The van der Waals surface area contributed by atoms with Gasteiger partial charge in [-0.1, -0.05) is 39.0 Å². The minimum atomic E-state index is 0.569. The zero-order chi connectivity index (χ0) is 11.9. The Labute approximate surface area is 102 Å². The second-order valence-corrected chi connectivity index (χ2v) is 5.92. The molecule has 0 bridgehead atoms. The smallest absolute Gasteiger partial charge is 0.130 e. The van der Waals surface area contributed by atoms with E-state index in [0.29, 0.717) is 6.10 Å². The zero-order valence-electron chi connectivity index (χ0n) is 11.5. The molecule has 1 atom stereocenters. The quantitative estimate of drug-likeness (QED) is 0.318. The molecule has 0 radical (unpaired) electrons. The number of rotatable bonds is 10. The lowest BCUT2D eigenvalue weighted by molar-refractivity contribution is -0.891. The normalized spacial score (nSPS) is 20.1. The molecule has 1 unspecified atom stereocenters. The van der Waals surface area contributed by atoms with Crippen LogP contribution in [-0.4, -0.2) is 44.4 Å². The standard InChI is InChI=1S/C14H30NO/c1-4-5-6-7-8-9-10-11-15(2,3)12-14-13-16-14/h14H,4-13H2,1-3H3/q+1. The maximum absolute atomic E-state index is 5.30. The lowest BCUT2D eigenvalue weighted by Crippen LogP contribution is -2.43. The Morgan fingerprint density at radius 2 is 1.56 bits per heavy atom. The first-order valence-corrected chi connectivity index (χ1v) is 7.07. The van der Waals surface area contributed by atoms with Gasteiger partial charge < -0.3 is 9.22 Å². The van der Waals surface area contributed by atoms with Crippen LogP contribution in [0.3, 0.4) is 0 Å². The van der Waals surface area contributed by atoms with Gasteiger partial charge >= 0.3 is 0 Å². The largest absolute Gasteiger partial charge is 0.367 e. The van der Waals surface area contributed by atoms with E-state index in [1.54, 1.807) is 0 Å². The van der Waals surface area contributed by atoms with E-state index in [0.717, 1.165) is 11.1 Å². The molecule has 1 heterocycles. The minimum absolute atomic E-state index is 0.569. The van der Waals surface area contributed by atoms with E-state index >= 15 is 0 Å². The van der Waals surface area contributed by atoms with Crippen LogP contribution in [0.2, 0.25) is 0 Å². The Hall–Kier alpha value is -0.0800. The predicted molar refractivity (Wildman–Crippen MR) is 69.6 cm³/mol. The Kier molecular flexibility index (Phi) is 6.37. The van der Waals surface area contributed by atoms with Gasteiger partial charge in [-0.2, -0.15) is 0 Å². The van der Waals surface area contributed by atoms with Crippen LogP contribution in [0.5, 0.6) is 0 Å². The first-order valence-electron chi connectivity index (χ1n) is 7.07. The second-order valence-electron chi connectivity index (χ2n) is 5.92. The van der Waals surface area contributed by atoms with Crippen LogP contribution in [0.15, 0.2) is 0 Å². The van der Waals surface area contributed by atoms with Gasteiger partial charge in [0.2, 0.25) is 0 Å². The van der Waals surface area contributed by atoms with Gasteiger partial charge in [-0.05, 0) is 12.8 Å². The fourth-order valence-electron chi connectivity index (χ4n) is 2.31. The van der Waals surface area contributed by atoms with E-state index in [1.165, 1.54) is 58.0 Å². The number of unbranched alkanes of at least 4 members (excludes halogenated alkanes) is 6. The van der Waals surface area contributed by atoms with Crippen molar-refractivity contribution in [2.75, 3.05) is 33.8 Å². The Morgan fingerprint density at radius 1 is 1.00 bits per heavy atom. The van der Waals surface area contributed by atoms with E-state index in [1.807, 2.05) is 0 Å². The Morgan fingerprint density at radius 3 is 2.12 bits per heavy atom. The molecule has 16 heavy (non-hydrogen) atoms. The van der Waals surface area contributed by atoms with Crippen LogP contribution >= 0.6 is 0 Å². The molecule has 1 aliphatic heterocycles. The molecule has 1 aliphatic rings. The van der Waals surface area contributed by atoms with Gasteiger partial charge in [0.1, 0.15) is 12.6 Å². The summed E-state index contributed by atoms with van der Waals surface area (Å²) in [6.07, 6.45) is 10.4. The van der Waals surface area contributed by atoms with E-state index in [9.17, 15) is 0 Å². The summed E-state index contributed by atoms with van der Waals surface area (Å²) in [5, 5.41) is 0. The van der Waals surface area contributed by atoms with Gasteiger partial charge in [0.15, 0.2) is 0 Å². The van der Waals surface area contributed by atoms with Gasteiger partial charge in [-0.3, -0.25) is 0 Å². The number of likely N-dealkylation sites (N-methyl/N-ethyl adjacent to an activating group) is 1. The molecule has 0 aromatic carbocycles. The summed E-state index contributed by atoms with van der Waals surface area (Å²) in [7, 11) is 4.66. The summed E-state index contributed by atoms with van der Waals surface area (Å²) >= 11 is 0. The molecule has 0 N–H and O–H groups in total. The summed E-state index contributed by atoms with van der Waals surface area (Å²) in [6.45, 7) is 5.79. The number of hydrogen-bond donors (Lipinski definition) is 0. The van der Waals surface area contributed by atoms with Crippen molar-refractivity contribution < 1.29 is 9.22 Å². The van der Waals surface area contributed by atoms with Crippen LogP contribution in [-0.2, 0) is 4.74 Å². The molecule has 0 aromatic heterocycles. The molecule has 1 fully saturated rings. The molecule has 0 spiro atoms. The molecule has 96 valence electrons. The molecule has 1 rings (SSSR count). The molecule has 2 heteroatoms. The highest BCUT2D eigenvalue weighted by atomic mass is 16.6. The maximum Gasteiger partial charge on any atom is 0.130 e. The SMILES string of the molecule is CCCCCCCCC[N+](C)(C)CC1CO1. The Balaban J connectivity index is 1.88. The number of hydrogen-bond acceptors (Lipinski definition) is 1. The summed E-state index contributed by atoms with van der Waals surface area (Å²) in [5.41, 5.74) is 0. The third-order valence-electron chi connectivity index (χ3n) is 3.47. The molecule has 0 saturated carbocycles. The molecule has 0 amide bonds. The number of nitrogens with zero attached hydrogens (tertiary/aromatic N) is 1. The average molecular weight is 228 g/mol. The lowest BCUT2D eigenvalue weighted by Gasteiger charge is -2.29. The van der Waals surface area contributed by atoms with Crippen molar-refractivity contribution in [3.8, 4) is 0 Å². The molecule has 0 aliphatic carbocycles. The van der Waals surface area contributed by atoms with Crippen molar-refractivity contribution in [1.29, 1.82) is 0 Å². The van der Waals surface area contributed by atoms with Crippen LogP contribution in [0.1, 0.15) is 51.9 Å². The highest BCUT2D eigenvalue weighted by Crippen LogP contribution is 2.15. The highest BCUT2D eigenvalue weighted by Gasteiger charge is 2.30. The number of ether oxygens (including phenoxy) is 1. The lowest BCUT2D eigenvalue weighted by atomic mass is 10.1. The van der Waals surface area contributed by atoms with E-state index in [4.69, 9.17) is 4.74 Å². The minimum Gasteiger partial charge on any atom is -0.367 e. The monoisotopic (exact) mass is 228 g/mol. The van der Waals surface area contributed by atoms with Crippen molar-refractivity contribution in [3.05, 3.63) is 0 Å². The van der Waals surface area contributed by atoms with Gasteiger partial charge in [0.05, 0.1) is 27.2 Å². The summed E-state index contributed by atoms with van der Waals surface area (Å²) in [6, 6.07) is 0. The number of quaternary nitrogens is 1. The highest BCUT2D eigenvalue weighted by molar-refractivity contribution is 4.67. The first-order chi connectivity index (χ1) is 7.64. The average Bonchev–Trinajstić information content (AvgIpc) is 2.99. The summed E-state index contributed by atoms with van der Waals surface area (Å²) in [4.78, 5) is 0. The van der Waals surface area contributed by atoms with Crippen LogP contribution in [0, 0.1) is 0 Å². The molecule has 0 aromatic rings. The van der Waals surface area contributed by atoms with Crippen molar-refractivity contribution in [1.82, 2.24) is 0 Å². The van der Waals surface area contributed by atoms with Gasteiger partial charge in [-0.25, -0.2) is 0 Å². The van der Waals surface area contributed by atoms with Gasteiger partial charge in [-0.15, -0.1) is 0 Å². The molecule has 2 nitrogen and oxygen atoms in total. The van der Waals surface area contributed by atoms with E-state index in [-0.39, 0.29) is 0 Å². The first kappa shape index (κ1) is 14.0. The topological polar surface area (TPSA) is 12.5 Å². The fraction of sp³-hybridized carbons (Fsp3) is 1.00. The van der Waals surface area contributed by atoms with E-state index < -0.39 is 0 Å². The third-order valence-corrected chi connectivity index (χ3v) is 3.47. The van der Waals surface area contributed by atoms with Crippen molar-refractivity contribution in [2.45, 2.75) is 58.0 Å². The predicted octanol–water partition coefficient (Wildman–Crippen LogP) is 3.21. The van der Waals surface area contributed by atoms with Crippen LogP contribution in [0.25, 0.3) is 0 Å². The zero-order valence-corrected chi connectivity index (χ0v) is 11.5. The maximum atomic E-state index is 5.30. The van der Waals surface area contributed by atoms with Crippen molar-refractivity contribution in [2.24, 2.45) is 0 Å². The van der Waals surface area contributed by atoms with Gasteiger partial charge in [0.25, 0.3) is 0 Å². The molecular weight excluding hydrogens is 198 g/mol. The van der Waals surface area contributed by atoms with Crippen molar-refractivity contribution in [3.63, 3.8) is 0 Å².